The van der Waals surface area contributed by atoms with Crippen LogP contribution in [0.5, 0.6) is 0 Å². The monoisotopic (exact) mass is 336 g/mol. The Balaban J connectivity index is 0. The second kappa shape index (κ2) is 12.7. The molecule has 0 saturated carbocycles. The van der Waals surface area contributed by atoms with Crippen LogP contribution in [-0.2, 0) is 14.1 Å². The van der Waals surface area contributed by atoms with E-state index in [1.807, 2.05) is 21.1 Å². The molecule has 0 aliphatic heterocycles. The molecule has 1 unspecified atom stereocenters. The smallest absolute Gasteiger partial charge is 0.330 e. The lowest BCUT2D eigenvalue weighted by Crippen LogP contribution is -2.39. The number of carbonyl (C=O) groups excluding carboxylic acids is 1. The van der Waals surface area contributed by atoms with Crippen molar-refractivity contribution < 1.29 is 28.6 Å². The van der Waals surface area contributed by atoms with Gasteiger partial charge in [-0.2, -0.15) is 0 Å². The summed E-state index contributed by atoms with van der Waals surface area (Å²) in [7, 11) is 3.83. The number of likely N-dealkylation sites (N-methyl/N-ethyl adjacent to an activating group) is 1. The number of quaternary nitrogens is 1. The summed E-state index contributed by atoms with van der Waals surface area (Å²) in [6.45, 7) is 6.15. The molecular weight excluding hydrogens is 305 g/mol. The molecule has 0 aromatic heterocycles. The number of hydrogen-bond donors (Lipinski definition) is 2. The largest absolute Gasteiger partial charge is 0.478 e. The van der Waals surface area contributed by atoms with E-state index in [2.05, 4.69) is 6.92 Å². The fourth-order valence-electron chi connectivity index (χ4n) is 1.27. The lowest BCUT2D eigenvalue weighted by Gasteiger charge is -2.23. The summed E-state index contributed by atoms with van der Waals surface area (Å²) in [5, 5.41) is 8.41. The van der Waals surface area contributed by atoms with Crippen LogP contribution < -0.4 is 0 Å². The molecule has 0 amide bonds. The zero-order valence-corrected chi connectivity index (χ0v) is 15.5. The molecule has 2 N–H and O–H groups in total. The Morgan fingerprint density at radius 3 is 2.14 bits per heavy atom. The van der Waals surface area contributed by atoms with Crippen LogP contribution in [0, 0.1) is 0 Å². The van der Waals surface area contributed by atoms with Crippen molar-refractivity contribution in [2.24, 2.45) is 0 Å². The molecule has 0 heterocycles. The second-order valence-corrected chi connectivity index (χ2v) is 7.17. The fourth-order valence-corrected chi connectivity index (χ4v) is 2.20. The van der Waals surface area contributed by atoms with E-state index in [4.69, 9.17) is 14.5 Å². The van der Waals surface area contributed by atoms with Crippen LogP contribution in [0.1, 0.15) is 40.0 Å². The van der Waals surface area contributed by atoms with Crippen molar-refractivity contribution in [2.75, 3.05) is 34.3 Å². The van der Waals surface area contributed by atoms with E-state index in [9.17, 15) is 9.59 Å². The lowest BCUT2D eigenvalue weighted by molar-refractivity contribution is -0.861. The van der Waals surface area contributed by atoms with Crippen LogP contribution in [0.3, 0.4) is 0 Å². The van der Waals surface area contributed by atoms with Crippen LogP contribution in [0.4, 0.5) is 0 Å². The molecule has 7 heteroatoms. The van der Waals surface area contributed by atoms with Gasteiger partial charge in [0.1, 0.15) is 6.54 Å². The van der Waals surface area contributed by atoms with Gasteiger partial charge in [0.2, 0.25) is 8.38 Å². The van der Waals surface area contributed by atoms with Gasteiger partial charge in [-0.1, -0.05) is 25.8 Å². The number of nitrogens with zero attached hydrogens (tertiary/aromatic N) is 1. The van der Waals surface area contributed by atoms with Crippen molar-refractivity contribution in [2.45, 2.75) is 40.0 Å². The number of carboxylic acids is 1. The number of carbonyl (C=O) groups is 2. The predicted molar refractivity (Wildman–Crippen MR) is 89.6 cm³/mol. The van der Waals surface area contributed by atoms with E-state index in [-0.39, 0.29) is 5.52 Å². The van der Waals surface area contributed by atoms with E-state index >= 15 is 0 Å². The minimum Gasteiger partial charge on any atom is -0.478 e. The number of hydrogen-bond acceptors (Lipinski definition) is 4. The Morgan fingerprint density at radius 2 is 1.77 bits per heavy atom. The van der Waals surface area contributed by atoms with Crippen molar-refractivity contribution in [1.29, 1.82) is 0 Å². The molecule has 0 aromatic rings. The van der Waals surface area contributed by atoms with Crippen LogP contribution >= 0.6 is 8.38 Å². The molecule has 0 spiro atoms. The first kappa shape index (κ1) is 23.5. The maximum absolute atomic E-state index is 11.2. The minimum absolute atomic E-state index is 0.209. The van der Waals surface area contributed by atoms with Gasteiger partial charge in [-0.15, -0.1) is 0 Å². The maximum Gasteiger partial charge on any atom is 0.330 e. The van der Waals surface area contributed by atoms with E-state index in [0.29, 0.717) is 23.2 Å². The van der Waals surface area contributed by atoms with Crippen molar-refractivity contribution in [1.82, 2.24) is 0 Å². The van der Waals surface area contributed by atoms with Gasteiger partial charge in [0.15, 0.2) is 0 Å². The average molecular weight is 336 g/mol. The lowest BCUT2D eigenvalue weighted by atomic mass is 10.2. The Bertz CT molecular complexity index is 363. The number of rotatable bonds is 9. The van der Waals surface area contributed by atoms with Gasteiger partial charge in [-0.3, -0.25) is 4.79 Å². The maximum atomic E-state index is 11.2. The summed E-state index contributed by atoms with van der Waals surface area (Å²) in [5.74, 6) is -0.809. The molecule has 130 valence electrons. The van der Waals surface area contributed by atoms with Gasteiger partial charge in [-0.25, -0.2) is 4.79 Å². The SMILES string of the molecule is CCCCC=C(C)C(=O)O.CCOP(O)C(=O)C[N+](C)(C)C. The molecule has 6 nitrogen and oxygen atoms in total. The average Bonchev–Trinajstić information content (AvgIpc) is 2.37. The number of allylic oxidation sites excluding steroid dienone is 1. The molecule has 0 aromatic carbocycles. The molecular formula is C15H31NO5P+. The van der Waals surface area contributed by atoms with Gasteiger partial charge in [0.05, 0.1) is 27.7 Å². The topological polar surface area (TPSA) is 83.8 Å². The van der Waals surface area contributed by atoms with Gasteiger partial charge in [-0.05, 0) is 20.3 Å². The number of carboxylic acid groups (broad SMARTS) is 1. The molecule has 0 fully saturated rings. The molecule has 0 rings (SSSR count). The highest BCUT2D eigenvalue weighted by Crippen LogP contribution is 2.32. The Labute approximate surface area is 135 Å². The Morgan fingerprint density at radius 1 is 1.23 bits per heavy atom. The van der Waals surface area contributed by atoms with Crippen molar-refractivity contribution in [3.8, 4) is 0 Å². The summed E-state index contributed by atoms with van der Waals surface area (Å²) in [6.07, 6.45) is 4.84. The molecule has 0 radical (unpaired) electrons. The molecule has 1 atom stereocenters. The predicted octanol–water partition coefficient (Wildman–Crippen LogP) is 2.77. The van der Waals surface area contributed by atoms with Crippen molar-refractivity contribution in [3.05, 3.63) is 11.6 Å². The van der Waals surface area contributed by atoms with Crippen LogP contribution in [0.15, 0.2) is 11.6 Å². The van der Waals surface area contributed by atoms with Crippen molar-refractivity contribution >= 4 is 19.9 Å². The standard InChI is InChI=1S/C8H14O2.C7H17NO3P/c1-3-4-5-6-7(2)8(9)10;1-5-11-12(10)7(9)6-8(2,3)4/h6H,3-5H2,1-2H3,(H,9,10);10H,5-6H2,1-4H3/q;+1. The van der Waals surface area contributed by atoms with Crippen LogP contribution in [0.25, 0.3) is 0 Å². The van der Waals surface area contributed by atoms with E-state index < -0.39 is 14.3 Å². The fraction of sp³-hybridized carbons (Fsp3) is 0.733. The first-order chi connectivity index (χ1) is 10.0. The number of unbranched alkanes of at least 4 members (excludes halogenated alkanes) is 2. The van der Waals surface area contributed by atoms with Gasteiger partial charge < -0.3 is 19.0 Å². The van der Waals surface area contributed by atoms with Gasteiger partial charge in [0.25, 0.3) is 5.52 Å². The van der Waals surface area contributed by atoms with Crippen molar-refractivity contribution in [3.63, 3.8) is 0 Å². The highest BCUT2D eigenvalue weighted by atomic mass is 31.2. The minimum atomic E-state index is -1.86. The summed E-state index contributed by atoms with van der Waals surface area (Å²) >= 11 is 0. The first-order valence-corrected chi connectivity index (χ1v) is 8.61. The van der Waals surface area contributed by atoms with Gasteiger partial charge in [0, 0.05) is 5.57 Å². The summed E-state index contributed by atoms with van der Waals surface area (Å²) in [6, 6.07) is 0. The second-order valence-electron chi connectivity index (χ2n) is 5.87. The highest BCUT2D eigenvalue weighted by Gasteiger charge is 2.23. The summed E-state index contributed by atoms with van der Waals surface area (Å²) in [5.41, 5.74) is 0.243. The summed E-state index contributed by atoms with van der Waals surface area (Å²) in [4.78, 5) is 30.6. The Kier molecular flexibility index (Phi) is 13.5. The summed E-state index contributed by atoms with van der Waals surface area (Å²) < 4.78 is 5.33. The quantitative estimate of drug-likeness (QED) is 0.293. The zero-order chi connectivity index (χ0) is 17.8. The zero-order valence-electron chi connectivity index (χ0n) is 14.6. The first-order valence-electron chi connectivity index (χ1n) is 7.40. The number of aliphatic carboxylic acids is 1. The normalized spacial score (nSPS) is 13.1. The molecule has 0 aliphatic carbocycles. The van der Waals surface area contributed by atoms with E-state index in [1.54, 1.807) is 19.9 Å². The third kappa shape index (κ3) is 15.6. The van der Waals surface area contributed by atoms with Crippen LogP contribution in [0.2, 0.25) is 0 Å². The van der Waals surface area contributed by atoms with E-state index in [0.717, 1.165) is 19.3 Å². The molecule has 0 aliphatic rings. The van der Waals surface area contributed by atoms with Crippen LogP contribution in [-0.4, -0.2) is 60.3 Å². The Hall–Kier alpha value is -0.810. The third-order valence-corrected chi connectivity index (χ3v) is 3.49. The highest BCUT2D eigenvalue weighted by molar-refractivity contribution is 7.65. The van der Waals surface area contributed by atoms with Gasteiger partial charge >= 0.3 is 5.97 Å². The molecule has 0 bridgehead atoms. The third-order valence-electron chi connectivity index (χ3n) is 2.42. The van der Waals surface area contributed by atoms with E-state index in [1.165, 1.54) is 0 Å². The molecule has 0 saturated heterocycles. The molecule has 22 heavy (non-hydrogen) atoms.